The Labute approximate surface area is 150 Å². The van der Waals surface area contributed by atoms with Crippen molar-refractivity contribution in [2.75, 3.05) is 43.5 Å². The van der Waals surface area contributed by atoms with E-state index in [4.69, 9.17) is 4.98 Å². The summed E-state index contributed by atoms with van der Waals surface area (Å²) in [6, 6.07) is 1.67. The van der Waals surface area contributed by atoms with Crippen LogP contribution < -0.4 is 9.80 Å². The van der Waals surface area contributed by atoms with Gasteiger partial charge in [-0.2, -0.15) is 9.36 Å². The van der Waals surface area contributed by atoms with Gasteiger partial charge in [0.15, 0.2) is 0 Å². The molecule has 1 aromatic heterocycles. The van der Waals surface area contributed by atoms with Crippen LogP contribution in [0.1, 0.15) is 45.4 Å². The molecule has 0 spiro atoms. The van der Waals surface area contributed by atoms with Gasteiger partial charge >= 0.3 is 0 Å². The zero-order chi connectivity index (χ0) is 16.7. The molecule has 5 nitrogen and oxygen atoms in total. The van der Waals surface area contributed by atoms with Gasteiger partial charge in [-0.1, -0.05) is 19.8 Å². The summed E-state index contributed by atoms with van der Waals surface area (Å²) in [7, 11) is 4.04. The topological polar surface area (TPSA) is 35.5 Å². The minimum Gasteiger partial charge on any atom is -0.346 e. The summed E-state index contributed by atoms with van der Waals surface area (Å²) in [5.41, 5.74) is 0. The molecule has 24 heavy (non-hydrogen) atoms. The van der Waals surface area contributed by atoms with Crippen LogP contribution in [0.15, 0.2) is 0 Å². The minimum absolute atomic E-state index is 0.809. The Balaban J connectivity index is 1.49. The van der Waals surface area contributed by atoms with Gasteiger partial charge in [-0.05, 0) is 37.5 Å². The summed E-state index contributed by atoms with van der Waals surface area (Å²) < 4.78 is 4.51. The molecule has 6 heteroatoms. The molecule has 3 fully saturated rings. The maximum atomic E-state index is 4.75. The van der Waals surface area contributed by atoms with Gasteiger partial charge in [-0.25, -0.2) is 0 Å². The fourth-order valence-corrected chi connectivity index (χ4v) is 5.98. The fraction of sp³-hybridized carbons (Fsp3) is 0.889. The SMILES string of the molecule is CCC[C@H]1CCC[C@H]2[C@@H]3C[C@@H](CN(c4nc(N(C)C)ns4)C3)CN12. The Hall–Kier alpha value is -0.880. The largest absolute Gasteiger partial charge is 0.346 e. The third-order valence-electron chi connectivity index (χ3n) is 6.21. The standard InChI is InChI=1S/C18H31N5S/c1-4-6-15-7-5-8-16-14-9-13(11-23(15)16)10-22(12-14)18-19-17(20-24-18)21(2)3/h13-16H,4-12H2,1-3H3/t13-,14+,15-,16-/m0/s1. The van der Waals surface area contributed by atoms with Crippen LogP contribution in [0.25, 0.3) is 0 Å². The molecular weight excluding hydrogens is 318 g/mol. The van der Waals surface area contributed by atoms with Crippen LogP contribution in [0.2, 0.25) is 0 Å². The fourth-order valence-electron chi connectivity index (χ4n) is 5.23. The van der Waals surface area contributed by atoms with Crippen LogP contribution in [0, 0.1) is 11.8 Å². The van der Waals surface area contributed by atoms with Gasteiger partial charge < -0.3 is 9.80 Å². The molecule has 0 unspecified atom stereocenters. The van der Waals surface area contributed by atoms with Crippen LogP contribution in [0.4, 0.5) is 11.1 Å². The van der Waals surface area contributed by atoms with E-state index in [1.807, 2.05) is 19.0 Å². The van der Waals surface area contributed by atoms with E-state index in [-0.39, 0.29) is 0 Å². The van der Waals surface area contributed by atoms with Gasteiger partial charge in [0.2, 0.25) is 11.1 Å². The summed E-state index contributed by atoms with van der Waals surface area (Å²) in [6.45, 7) is 5.99. The van der Waals surface area contributed by atoms with E-state index in [1.165, 1.54) is 58.2 Å². The first kappa shape index (κ1) is 16.6. The molecule has 3 aliphatic heterocycles. The van der Waals surface area contributed by atoms with Crippen molar-refractivity contribution >= 4 is 22.6 Å². The van der Waals surface area contributed by atoms with Crippen LogP contribution in [0.3, 0.4) is 0 Å². The number of nitrogens with zero attached hydrogens (tertiary/aromatic N) is 5. The van der Waals surface area contributed by atoms with Gasteiger partial charge in [0.25, 0.3) is 0 Å². The number of fused-ring (bicyclic) bond motifs is 4. The Bertz CT molecular complexity index is 557. The van der Waals surface area contributed by atoms with E-state index in [0.29, 0.717) is 0 Å². The van der Waals surface area contributed by atoms with Gasteiger partial charge in [-0.3, -0.25) is 4.90 Å². The lowest BCUT2D eigenvalue weighted by molar-refractivity contribution is -0.0215. The van der Waals surface area contributed by atoms with Crippen LogP contribution in [-0.4, -0.2) is 60.1 Å². The molecule has 0 aliphatic carbocycles. The lowest BCUT2D eigenvalue weighted by Gasteiger charge is -2.55. The van der Waals surface area contributed by atoms with Crippen molar-refractivity contribution < 1.29 is 0 Å². The number of anilines is 2. The van der Waals surface area contributed by atoms with Gasteiger partial charge in [0.1, 0.15) is 0 Å². The highest BCUT2D eigenvalue weighted by molar-refractivity contribution is 7.09. The van der Waals surface area contributed by atoms with Crippen molar-refractivity contribution in [3.05, 3.63) is 0 Å². The highest BCUT2D eigenvalue weighted by Gasteiger charge is 2.44. The van der Waals surface area contributed by atoms with E-state index in [1.54, 1.807) is 11.5 Å². The summed E-state index contributed by atoms with van der Waals surface area (Å²) in [5, 5.41) is 1.13. The van der Waals surface area contributed by atoms with Crippen molar-refractivity contribution in [3.63, 3.8) is 0 Å². The van der Waals surface area contributed by atoms with E-state index < -0.39 is 0 Å². The smallest absolute Gasteiger partial charge is 0.238 e. The van der Waals surface area contributed by atoms with Crippen LogP contribution in [0.5, 0.6) is 0 Å². The molecule has 4 atom stereocenters. The van der Waals surface area contributed by atoms with E-state index >= 15 is 0 Å². The third kappa shape index (κ3) is 3.03. The van der Waals surface area contributed by atoms with E-state index in [0.717, 1.165) is 35.0 Å². The Kier molecular flexibility index (Phi) is 4.69. The molecule has 4 heterocycles. The van der Waals surface area contributed by atoms with Crippen LogP contribution >= 0.6 is 11.5 Å². The molecule has 0 N–H and O–H groups in total. The van der Waals surface area contributed by atoms with E-state index in [2.05, 4.69) is 21.1 Å². The van der Waals surface area contributed by atoms with Crippen molar-refractivity contribution in [3.8, 4) is 0 Å². The summed E-state index contributed by atoms with van der Waals surface area (Å²) in [4.78, 5) is 12.2. The second kappa shape index (κ2) is 6.79. The predicted molar refractivity (Wildman–Crippen MR) is 101 cm³/mol. The average molecular weight is 350 g/mol. The van der Waals surface area contributed by atoms with Crippen molar-refractivity contribution in [1.29, 1.82) is 0 Å². The monoisotopic (exact) mass is 349 g/mol. The van der Waals surface area contributed by atoms with Gasteiger partial charge in [0, 0.05) is 57.3 Å². The van der Waals surface area contributed by atoms with Crippen molar-refractivity contribution in [2.45, 2.75) is 57.5 Å². The third-order valence-corrected chi connectivity index (χ3v) is 6.98. The molecule has 3 aliphatic rings. The average Bonchev–Trinajstić information content (AvgIpc) is 3.06. The molecule has 0 radical (unpaired) electrons. The highest BCUT2D eigenvalue weighted by Crippen LogP contribution is 2.41. The predicted octanol–water partition coefficient (Wildman–Crippen LogP) is 3.08. The second-order valence-corrected chi connectivity index (χ2v) is 8.91. The number of piperidine rings is 3. The first-order valence-electron chi connectivity index (χ1n) is 9.67. The summed E-state index contributed by atoms with van der Waals surface area (Å²) in [5.74, 6) is 2.49. The maximum absolute atomic E-state index is 4.75. The Morgan fingerprint density at radius 2 is 2.08 bits per heavy atom. The number of rotatable bonds is 4. The summed E-state index contributed by atoms with van der Waals surface area (Å²) >= 11 is 1.57. The molecule has 4 rings (SSSR count). The van der Waals surface area contributed by atoms with Gasteiger partial charge in [0.05, 0.1) is 0 Å². The molecular formula is C18H31N5S. The maximum Gasteiger partial charge on any atom is 0.238 e. The number of aromatic nitrogens is 2. The molecule has 0 amide bonds. The lowest BCUT2D eigenvalue weighted by Crippen LogP contribution is -2.61. The number of hydrogen-bond acceptors (Lipinski definition) is 6. The zero-order valence-corrected chi connectivity index (χ0v) is 16.1. The summed E-state index contributed by atoms with van der Waals surface area (Å²) in [6.07, 6.45) is 8.41. The molecule has 134 valence electrons. The zero-order valence-electron chi connectivity index (χ0n) is 15.3. The Morgan fingerprint density at radius 3 is 2.83 bits per heavy atom. The van der Waals surface area contributed by atoms with Gasteiger partial charge in [-0.15, -0.1) is 0 Å². The molecule has 0 saturated carbocycles. The molecule has 2 bridgehead atoms. The molecule has 3 saturated heterocycles. The molecule has 0 aromatic carbocycles. The first-order chi connectivity index (χ1) is 11.7. The second-order valence-electron chi connectivity index (χ2n) is 8.18. The van der Waals surface area contributed by atoms with E-state index in [9.17, 15) is 0 Å². The quantitative estimate of drug-likeness (QED) is 0.835. The van der Waals surface area contributed by atoms with Crippen molar-refractivity contribution in [2.24, 2.45) is 11.8 Å². The highest BCUT2D eigenvalue weighted by atomic mass is 32.1. The lowest BCUT2D eigenvalue weighted by atomic mass is 9.74. The minimum atomic E-state index is 0.809. The Morgan fingerprint density at radius 1 is 1.21 bits per heavy atom. The first-order valence-corrected chi connectivity index (χ1v) is 10.4. The normalized spacial score (nSPS) is 33.4. The van der Waals surface area contributed by atoms with Crippen LogP contribution in [-0.2, 0) is 0 Å². The molecule has 1 aromatic rings. The number of hydrogen-bond donors (Lipinski definition) is 0. The van der Waals surface area contributed by atoms with Crippen molar-refractivity contribution in [1.82, 2.24) is 14.3 Å².